The molecule has 1 aromatic carbocycles. The maximum atomic E-state index is 12.2. The molecule has 0 radical (unpaired) electrons. The van der Waals surface area contributed by atoms with E-state index in [2.05, 4.69) is 4.98 Å². The normalized spacial score (nSPS) is 11.2. The molecule has 0 unspecified atom stereocenters. The van der Waals surface area contributed by atoms with Gasteiger partial charge in [-0.2, -0.15) is 0 Å². The van der Waals surface area contributed by atoms with Gasteiger partial charge in [0.25, 0.3) is 5.56 Å². The Bertz CT molecular complexity index is 1050. The molecule has 2 aromatic heterocycles. The van der Waals surface area contributed by atoms with E-state index in [1.54, 1.807) is 24.3 Å². The van der Waals surface area contributed by atoms with Crippen molar-refractivity contribution in [2.45, 2.75) is 13.5 Å². The van der Waals surface area contributed by atoms with Crippen LogP contribution in [0, 0.1) is 6.92 Å². The summed E-state index contributed by atoms with van der Waals surface area (Å²) in [5.74, 6) is -0.591. The number of aromatic nitrogens is 2. The molecule has 0 saturated heterocycles. The van der Waals surface area contributed by atoms with Gasteiger partial charge in [-0.05, 0) is 37.3 Å². The molecular formula is C19H14Cl2N2O3. The molecule has 5 nitrogen and oxygen atoms in total. The first-order valence-electron chi connectivity index (χ1n) is 7.73. The van der Waals surface area contributed by atoms with E-state index in [-0.39, 0.29) is 12.2 Å². The first kappa shape index (κ1) is 18.2. The first-order valence-corrected chi connectivity index (χ1v) is 8.48. The average Bonchev–Trinajstić information content (AvgIpc) is 2.59. The second kappa shape index (κ2) is 7.72. The summed E-state index contributed by atoms with van der Waals surface area (Å²) in [7, 11) is 0. The number of aryl methyl sites for hydroxylation is 1. The van der Waals surface area contributed by atoms with Gasteiger partial charge in [0.2, 0.25) is 0 Å². The summed E-state index contributed by atoms with van der Waals surface area (Å²) < 4.78 is 6.63. The quantitative estimate of drug-likeness (QED) is 0.499. The van der Waals surface area contributed by atoms with Crippen LogP contribution in [0.3, 0.4) is 0 Å². The third-order valence-corrected chi connectivity index (χ3v) is 4.34. The maximum Gasteiger partial charge on any atom is 0.331 e. The lowest BCUT2D eigenvalue weighted by molar-refractivity contribution is -0.139. The lowest BCUT2D eigenvalue weighted by atomic mass is 10.2. The Labute approximate surface area is 159 Å². The van der Waals surface area contributed by atoms with Crippen LogP contribution in [-0.2, 0) is 16.1 Å². The van der Waals surface area contributed by atoms with E-state index in [0.717, 1.165) is 5.69 Å². The Balaban J connectivity index is 1.73. The molecule has 0 fully saturated rings. The molecule has 3 rings (SSSR count). The van der Waals surface area contributed by atoms with Crippen LogP contribution in [0.1, 0.15) is 17.0 Å². The van der Waals surface area contributed by atoms with E-state index < -0.39 is 5.97 Å². The smallest absolute Gasteiger partial charge is 0.331 e. The van der Waals surface area contributed by atoms with Crippen molar-refractivity contribution >= 4 is 40.9 Å². The third-order valence-electron chi connectivity index (χ3n) is 3.68. The lowest BCUT2D eigenvalue weighted by Crippen LogP contribution is -2.18. The summed E-state index contributed by atoms with van der Waals surface area (Å²) in [6, 6.07) is 11.8. The summed E-state index contributed by atoms with van der Waals surface area (Å²) in [5.41, 5.74) is 1.96. The van der Waals surface area contributed by atoms with Gasteiger partial charge < -0.3 is 4.74 Å². The van der Waals surface area contributed by atoms with E-state index in [0.29, 0.717) is 26.9 Å². The maximum absolute atomic E-state index is 12.2. The highest BCUT2D eigenvalue weighted by Gasteiger charge is 2.07. The number of nitrogens with zero attached hydrogens (tertiary/aromatic N) is 2. The van der Waals surface area contributed by atoms with Crippen LogP contribution >= 0.6 is 23.2 Å². The van der Waals surface area contributed by atoms with E-state index in [9.17, 15) is 9.59 Å². The Morgan fingerprint density at radius 2 is 1.88 bits per heavy atom. The Morgan fingerprint density at radius 1 is 1.19 bits per heavy atom. The lowest BCUT2D eigenvalue weighted by Gasteiger charge is -2.06. The minimum absolute atomic E-state index is 0.112. The zero-order valence-electron chi connectivity index (χ0n) is 13.8. The predicted octanol–water partition coefficient (Wildman–Crippen LogP) is 4.07. The fourth-order valence-corrected chi connectivity index (χ4v) is 2.98. The van der Waals surface area contributed by atoms with Crippen LogP contribution in [0.25, 0.3) is 11.7 Å². The largest absolute Gasteiger partial charge is 0.456 e. The SMILES string of the molecule is Cc1cccc2nc(COC(=O)/C=C/c3c(Cl)cccc3Cl)cc(=O)n12. The van der Waals surface area contributed by atoms with Gasteiger partial charge in [0.1, 0.15) is 12.3 Å². The van der Waals surface area contributed by atoms with Crippen molar-refractivity contribution in [2.75, 3.05) is 0 Å². The number of ether oxygens (including phenoxy) is 1. The standard InChI is InChI=1S/C19H14Cl2N2O3/c1-12-4-2-7-17-22-13(10-18(24)23(12)17)11-26-19(25)9-8-14-15(20)5-3-6-16(14)21/h2-10H,11H2,1H3/b9-8+. The number of pyridine rings is 1. The molecule has 0 aliphatic rings. The summed E-state index contributed by atoms with van der Waals surface area (Å²) in [4.78, 5) is 28.4. The highest BCUT2D eigenvalue weighted by molar-refractivity contribution is 6.37. The second-order valence-corrected chi connectivity index (χ2v) is 6.34. The second-order valence-electron chi connectivity index (χ2n) is 5.52. The number of esters is 1. The third kappa shape index (κ3) is 3.95. The summed E-state index contributed by atoms with van der Waals surface area (Å²) in [6.07, 6.45) is 2.71. The highest BCUT2D eigenvalue weighted by atomic mass is 35.5. The number of fused-ring (bicyclic) bond motifs is 1. The molecule has 0 saturated carbocycles. The van der Waals surface area contributed by atoms with Gasteiger partial charge in [-0.15, -0.1) is 0 Å². The molecular weight excluding hydrogens is 375 g/mol. The first-order chi connectivity index (χ1) is 12.5. The molecule has 7 heteroatoms. The number of carbonyl (C=O) groups is 1. The van der Waals surface area contributed by atoms with Crippen molar-refractivity contribution in [3.05, 3.63) is 85.9 Å². The van der Waals surface area contributed by atoms with Gasteiger partial charge in [-0.3, -0.25) is 9.20 Å². The summed E-state index contributed by atoms with van der Waals surface area (Å²) in [5, 5.41) is 0.863. The number of carbonyl (C=O) groups excluding carboxylic acids is 1. The number of hydrogen-bond donors (Lipinski definition) is 0. The van der Waals surface area contributed by atoms with Crippen molar-refractivity contribution in [1.29, 1.82) is 0 Å². The molecule has 26 heavy (non-hydrogen) atoms. The van der Waals surface area contributed by atoms with Gasteiger partial charge in [0.05, 0.1) is 5.69 Å². The molecule has 0 aliphatic heterocycles. The van der Waals surface area contributed by atoms with E-state index >= 15 is 0 Å². The minimum atomic E-state index is -0.591. The summed E-state index contributed by atoms with van der Waals surface area (Å²) >= 11 is 12.1. The van der Waals surface area contributed by atoms with Crippen molar-refractivity contribution in [3.63, 3.8) is 0 Å². The molecule has 0 atom stereocenters. The molecule has 0 spiro atoms. The topological polar surface area (TPSA) is 60.7 Å². The molecule has 2 heterocycles. The zero-order chi connectivity index (χ0) is 18.7. The van der Waals surface area contributed by atoms with E-state index in [4.69, 9.17) is 27.9 Å². The van der Waals surface area contributed by atoms with Crippen LogP contribution in [-0.4, -0.2) is 15.4 Å². The van der Waals surface area contributed by atoms with Gasteiger partial charge in [-0.1, -0.05) is 35.3 Å². The predicted molar refractivity (Wildman–Crippen MR) is 101 cm³/mol. The van der Waals surface area contributed by atoms with Gasteiger partial charge in [0, 0.05) is 33.4 Å². The van der Waals surface area contributed by atoms with Gasteiger partial charge in [0.15, 0.2) is 0 Å². The number of halogens is 2. The fourth-order valence-electron chi connectivity index (χ4n) is 2.45. The van der Waals surface area contributed by atoms with Crippen LogP contribution in [0.5, 0.6) is 0 Å². The van der Waals surface area contributed by atoms with Gasteiger partial charge in [-0.25, -0.2) is 9.78 Å². The number of benzene rings is 1. The van der Waals surface area contributed by atoms with Crippen LogP contribution in [0.4, 0.5) is 0 Å². The van der Waals surface area contributed by atoms with Crippen LogP contribution < -0.4 is 5.56 Å². The Morgan fingerprint density at radius 3 is 2.62 bits per heavy atom. The number of rotatable bonds is 4. The van der Waals surface area contributed by atoms with Crippen molar-refractivity contribution < 1.29 is 9.53 Å². The minimum Gasteiger partial charge on any atom is -0.456 e. The molecule has 0 amide bonds. The van der Waals surface area contributed by atoms with Gasteiger partial charge >= 0.3 is 5.97 Å². The molecule has 0 aliphatic carbocycles. The highest BCUT2D eigenvalue weighted by Crippen LogP contribution is 2.25. The van der Waals surface area contributed by atoms with Crippen molar-refractivity contribution in [2.24, 2.45) is 0 Å². The fraction of sp³-hybridized carbons (Fsp3) is 0.105. The average molecular weight is 389 g/mol. The zero-order valence-corrected chi connectivity index (χ0v) is 15.3. The Hall–Kier alpha value is -2.63. The monoisotopic (exact) mass is 388 g/mol. The van der Waals surface area contributed by atoms with Crippen molar-refractivity contribution in [3.8, 4) is 0 Å². The Kier molecular flexibility index (Phi) is 5.40. The summed E-state index contributed by atoms with van der Waals surface area (Å²) in [6.45, 7) is 1.71. The van der Waals surface area contributed by atoms with Crippen LogP contribution in [0.2, 0.25) is 10.0 Å². The van der Waals surface area contributed by atoms with Crippen LogP contribution in [0.15, 0.2) is 53.3 Å². The van der Waals surface area contributed by atoms with E-state index in [1.165, 1.54) is 22.6 Å². The number of hydrogen-bond acceptors (Lipinski definition) is 4. The van der Waals surface area contributed by atoms with E-state index in [1.807, 2.05) is 19.1 Å². The molecule has 3 aromatic rings. The molecule has 0 bridgehead atoms. The molecule has 0 N–H and O–H groups in total. The van der Waals surface area contributed by atoms with Crippen molar-refractivity contribution in [1.82, 2.24) is 9.38 Å². The molecule has 132 valence electrons.